The monoisotopic (exact) mass is 444 g/mol. The number of amides is 1. The van der Waals surface area contributed by atoms with Crippen molar-refractivity contribution in [3.05, 3.63) is 59.5 Å². The van der Waals surface area contributed by atoms with Crippen LogP contribution in [0.15, 0.2) is 42.6 Å². The Labute approximate surface area is 194 Å². The molecule has 3 N–H and O–H groups in total. The third-order valence-electron chi connectivity index (χ3n) is 6.01. The summed E-state index contributed by atoms with van der Waals surface area (Å²) in [5.41, 5.74) is 11.5. The highest BCUT2D eigenvalue weighted by molar-refractivity contribution is 6.04. The van der Waals surface area contributed by atoms with Crippen LogP contribution in [0, 0.1) is 0 Å². The number of aromatic nitrogens is 4. The van der Waals surface area contributed by atoms with Gasteiger partial charge in [-0.05, 0) is 55.5 Å². The summed E-state index contributed by atoms with van der Waals surface area (Å²) < 4.78 is 2.25. The number of nitrogens with one attached hydrogen (secondary N) is 1. The van der Waals surface area contributed by atoms with Crippen molar-refractivity contribution in [3.8, 4) is 0 Å². The number of fused-ring (bicyclic) bond motifs is 3. The van der Waals surface area contributed by atoms with Crippen molar-refractivity contribution in [2.24, 2.45) is 0 Å². The second-order valence-corrected chi connectivity index (χ2v) is 8.36. The van der Waals surface area contributed by atoms with Crippen LogP contribution in [0.25, 0.3) is 22.1 Å². The lowest BCUT2D eigenvalue weighted by molar-refractivity contribution is 0.0953. The first-order valence-corrected chi connectivity index (χ1v) is 11.9. The third kappa shape index (κ3) is 4.97. The summed E-state index contributed by atoms with van der Waals surface area (Å²) in [6.07, 6.45) is 7.59. The first-order chi connectivity index (χ1) is 16.1. The van der Waals surface area contributed by atoms with Gasteiger partial charge in [-0.3, -0.25) is 9.78 Å². The van der Waals surface area contributed by atoms with E-state index in [9.17, 15) is 4.79 Å². The summed E-state index contributed by atoms with van der Waals surface area (Å²) in [6, 6.07) is 11.6. The minimum Gasteiger partial charge on any atom is -0.382 e. The molecule has 33 heavy (non-hydrogen) atoms. The Morgan fingerprint density at radius 3 is 2.61 bits per heavy atom. The Morgan fingerprint density at radius 1 is 1.03 bits per heavy atom. The van der Waals surface area contributed by atoms with Gasteiger partial charge < -0.3 is 15.6 Å². The average Bonchev–Trinajstić information content (AvgIpc) is 3.21. The second kappa shape index (κ2) is 10.4. The van der Waals surface area contributed by atoms with Gasteiger partial charge in [0.05, 0.1) is 5.52 Å². The van der Waals surface area contributed by atoms with Crippen molar-refractivity contribution < 1.29 is 4.79 Å². The molecule has 1 aromatic carbocycles. The van der Waals surface area contributed by atoms with Crippen molar-refractivity contribution in [1.82, 2.24) is 24.8 Å². The standard InChI is InChI=1S/C26H32N6O/c1-3-5-10-21-31-23-24(22-20(30-25(23)27)9-8-16-28-22)32(21)17-7-6-15-29-26(33)19-13-11-18(4-2)12-14-19/h8-9,11-14,16H,3-7,10,15,17H2,1-2H3,(H2,27,30)(H,29,33). The van der Waals surface area contributed by atoms with Crippen LogP contribution in [-0.4, -0.2) is 32.0 Å². The van der Waals surface area contributed by atoms with E-state index in [-0.39, 0.29) is 5.91 Å². The molecule has 7 heteroatoms. The van der Waals surface area contributed by atoms with E-state index in [0.29, 0.717) is 17.9 Å². The predicted molar refractivity (Wildman–Crippen MR) is 133 cm³/mol. The zero-order chi connectivity index (χ0) is 23.2. The van der Waals surface area contributed by atoms with Crippen LogP contribution in [0.4, 0.5) is 5.82 Å². The molecule has 3 heterocycles. The minimum absolute atomic E-state index is 0.0246. The summed E-state index contributed by atoms with van der Waals surface area (Å²) in [4.78, 5) is 26.3. The van der Waals surface area contributed by atoms with Crippen LogP contribution in [0.5, 0.6) is 0 Å². The molecule has 0 fully saturated rings. The lowest BCUT2D eigenvalue weighted by atomic mass is 10.1. The molecule has 0 aliphatic rings. The third-order valence-corrected chi connectivity index (χ3v) is 6.01. The smallest absolute Gasteiger partial charge is 0.251 e. The van der Waals surface area contributed by atoms with E-state index >= 15 is 0 Å². The number of anilines is 1. The Hall–Kier alpha value is -3.48. The summed E-state index contributed by atoms with van der Waals surface area (Å²) in [6.45, 7) is 5.72. The molecule has 0 atom stereocenters. The van der Waals surface area contributed by atoms with Gasteiger partial charge >= 0.3 is 0 Å². The quantitative estimate of drug-likeness (QED) is 0.346. The number of nitrogen functional groups attached to an aromatic ring is 1. The number of rotatable bonds is 10. The van der Waals surface area contributed by atoms with Crippen molar-refractivity contribution in [2.45, 2.75) is 58.9 Å². The predicted octanol–water partition coefficient (Wildman–Crippen LogP) is 4.68. The molecule has 4 rings (SSSR count). The lowest BCUT2D eigenvalue weighted by Crippen LogP contribution is -2.24. The average molecular weight is 445 g/mol. The largest absolute Gasteiger partial charge is 0.382 e. The van der Waals surface area contributed by atoms with Crippen molar-refractivity contribution in [2.75, 3.05) is 12.3 Å². The highest BCUT2D eigenvalue weighted by Crippen LogP contribution is 2.28. The molecule has 0 saturated carbocycles. The number of hydrogen-bond acceptors (Lipinski definition) is 5. The van der Waals surface area contributed by atoms with Crippen molar-refractivity contribution >= 4 is 33.8 Å². The van der Waals surface area contributed by atoms with Gasteiger partial charge in [0.2, 0.25) is 0 Å². The number of nitrogens with zero attached hydrogens (tertiary/aromatic N) is 4. The van der Waals surface area contributed by atoms with Crippen LogP contribution >= 0.6 is 0 Å². The molecule has 0 bridgehead atoms. The van der Waals surface area contributed by atoms with Gasteiger partial charge in [0.25, 0.3) is 5.91 Å². The van der Waals surface area contributed by atoms with E-state index in [0.717, 1.165) is 73.0 Å². The van der Waals surface area contributed by atoms with E-state index < -0.39 is 0 Å². The van der Waals surface area contributed by atoms with E-state index in [1.807, 2.05) is 36.4 Å². The van der Waals surface area contributed by atoms with E-state index in [1.54, 1.807) is 6.20 Å². The topological polar surface area (TPSA) is 98.7 Å². The van der Waals surface area contributed by atoms with Gasteiger partial charge in [-0.25, -0.2) is 9.97 Å². The molecule has 0 aliphatic heterocycles. The van der Waals surface area contributed by atoms with E-state index in [2.05, 4.69) is 33.7 Å². The number of unbranched alkanes of at least 4 members (excludes halogenated alkanes) is 2. The molecule has 7 nitrogen and oxygen atoms in total. The number of benzene rings is 1. The van der Waals surface area contributed by atoms with Crippen LogP contribution in [0.3, 0.4) is 0 Å². The molecule has 3 aromatic heterocycles. The number of hydrogen-bond donors (Lipinski definition) is 2. The van der Waals surface area contributed by atoms with Crippen LogP contribution in [0.2, 0.25) is 0 Å². The van der Waals surface area contributed by atoms with E-state index in [1.165, 1.54) is 5.56 Å². The Balaban J connectivity index is 1.46. The lowest BCUT2D eigenvalue weighted by Gasteiger charge is -2.11. The van der Waals surface area contributed by atoms with Gasteiger partial charge in [0, 0.05) is 31.3 Å². The maximum absolute atomic E-state index is 12.4. The maximum Gasteiger partial charge on any atom is 0.251 e. The second-order valence-electron chi connectivity index (χ2n) is 8.36. The fourth-order valence-corrected chi connectivity index (χ4v) is 4.13. The fourth-order valence-electron chi connectivity index (χ4n) is 4.13. The normalized spacial score (nSPS) is 11.3. The Morgan fingerprint density at radius 2 is 1.85 bits per heavy atom. The van der Waals surface area contributed by atoms with Gasteiger partial charge in [-0.2, -0.15) is 0 Å². The molecule has 0 spiro atoms. The highest BCUT2D eigenvalue weighted by atomic mass is 16.1. The number of imidazole rings is 1. The number of pyridine rings is 2. The number of aryl methyl sites for hydroxylation is 3. The van der Waals surface area contributed by atoms with Crippen LogP contribution in [-0.2, 0) is 19.4 Å². The first kappa shape index (κ1) is 22.7. The first-order valence-electron chi connectivity index (χ1n) is 11.9. The van der Waals surface area contributed by atoms with E-state index in [4.69, 9.17) is 10.7 Å². The number of carbonyl (C=O) groups is 1. The molecule has 172 valence electrons. The van der Waals surface area contributed by atoms with Crippen LogP contribution in [0.1, 0.15) is 61.3 Å². The zero-order valence-corrected chi connectivity index (χ0v) is 19.5. The highest BCUT2D eigenvalue weighted by Gasteiger charge is 2.17. The molecule has 4 aromatic rings. The van der Waals surface area contributed by atoms with Gasteiger partial charge in [-0.15, -0.1) is 0 Å². The fraction of sp³-hybridized carbons (Fsp3) is 0.385. The molecule has 1 amide bonds. The van der Waals surface area contributed by atoms with Crippen molar-refractivity contribution in [1.29, 1.82) is 0 Å². The number of carbonyl (C=O) groups excluding carboxylic acids is 1. The maximum atomic E-state index is 12.4. The Bertz CT molecular complexity index is 1250. The van der Waals surface area contributed by atoms with Gasteiger partial charge in [-0.1, -0.05) is 32.4 Å². The minimum atomic E-state index is -0.0246. The zero-order valence-electron chi connectivity index (χ0n) is 19.5. The summed E-state index contributed by atoms with van der Waals surface area (Å²) in [7, 11) is 0. The van der Waals surface area contributed by atoms with Crippen molar-refractivity contribution in [3.63, 3.8) is 0 Å². The summed E-state index contributed by atoms with van der Waals surface area (Å²) in [5.74, 6) is 1.45. The van der Waals surface area contributed by atoms with Gasteiger partial charge in [0.1, 0.15) is 22.4 Å². The molecule has 0 unspecified atom stereocenters. The summed E-state index contributed by atoms with van der Waals surface area (Å²) in [5, 5.41) is 3.04. The molecule has 0 saturated heterocycles. The molecular weight excluding hydrogens is 412 g/mol. The molecule has 0 aliphatic carbocycles. The summed E-state index contributed by atoms with van der Waals surface area (Å²) >= 11 is 0. The Kier molecular flexibility index (Phi) is 7.17. The SMILES string of the molecule is CCCCc1nc2c(N)nc3cccnc3c2n1CCCCNC(=O)c1ccc(CC)cc1. The van der Waals surface area contributed by atoms with Gasteiger partial charge in [0.15, 0.2) is 5.82 Å². The molecular formula is C26H32N6O. The molecule has 0 radical (unpaired) electrons. The number of nitrogens with two attached hydrogens (primary N) is 1. The van der Waals surface area contributed by atoms with Crippen LogP contribution < -0.4 is 11.1 Å².